The van der Waals surface area contributed by atoms with Crippen molar-refractivity contribution in [1.29, 1.82) is 0 Å². The predicted molar refractivity (Wildman–Crippen MR) is 87.6 cm³/mol. The van der Waals surface area contributed by atoms with E-state index in [4.69, 9.17) is 16.3 Å². The molecule has 6 heteroatoms. The van der Waals surface area contributed by atoms with Gasteiger partial charge in [-0.05, 0) is 30.7 Å². The molecule has 120 valence electrons. The average molecular weight is 332 g/mol. The lowest BCUT2D eigenvalue weighted by Crippen LogP contribution is -2.27. The molecule has 5 nitrogen and oxygen atoms in total. The summed E-state index contributed by atoms with van der Waals surface area (Å²) in [6.07, 6.45) is 5.07. The number of carbonyl (C=O) groups is 1. The monoisotopic (exact) mass is 331 g/mol. The quantitative estimate of drug-likeness (QED) is 0.915. The maximum atomic E-state index is 12.1. The van der Waals surface area contributed by atoms with Crippen LogP contribution >= 0.6 is 11.6 Å². The van der Waals surface area contributed by atoms with Crippen molar-refractivity contribution in [3.63, 3.8) is 0 Å². The second kappa shape index (κ2) is 6.96. The summed E-state index contributed by atoms with van der Waals surface area (Å²) in [6.45, 7) is 2.60. The highest BCUT2D eigenvalue weighted by atomic mass is 35.5. The van der Waals surface area contributed by atoms with Crippen LogP contribution in [0.4, 0.5) is 0 Å². The van der Waals surface area contributed by atoms with Gasteiger partial charge in [0.15, 0.2) is 0 Å². The molecule has 2 heterocycles. The van der Waals surface area contributed by atoms with E-state index in [0.29, 0.717) is 30.3 Å². The van der Waals surface area contributed by atoms with Crippen LogP contribution in [-0.2, 0) is 17.6 Å². The fourth-order valence-electron chi connectivity index (χ4n) is 2.70. The van der Waals surface area contributed by atoms with E-state index < -0.39 is 0 Å². The maximum absolute atomic E-state index is 12.1. The highest BCUT2D eigenvalue weighted by molar-refractivity contribution is 6.30. The zero-order valence-corrected chi connectivity index (χ0v) is 13.6. The molecule has 3 rings (SSSR count). The van der Waals surface area contributed by atoms with Gasteiger partial charge in [0.2, 0.25) is 5.91 Å². The summed E-state index contributed by atoms with van der Waals surface area (Å²) >= 11 is 6.17. The number of hydrogen-bond acceptors (Lipinski definition) is 4. The number of nitrogens with one attached hydrogen (secondary N) is 1. The van der Waals surface area contributed by atoms with E-state index in [2.05, 4.69) is 15.3 Å². The molecular formula is C17H18ClN3O2. The molecule has 2 aromatic rings. The first-order valence-corrected chi connectivity index (χ1v) is 8.01. The lowest BCUT2D eigenvalue weighted by atomic mass is 10.0. The Hall–Kier alpha value is -2.14. The van der Waals surface area contributed by atoms with E-state index in [9.17, 15) is 4.79 Å². The van der Waals surface area contributed by atoms with E-state index in [1.807, 2.05) is 19.1 Å². The van der Waals surface area contributed by atoms with Crippen molar-refractivity contribution in [1.82, 2.24) is 15.3 Å². The SMILES string of the molecule is CC(NC(=O)CCc1ncccn1)c1cc(Cl)cc2c1OCC2. The maximum Gasteiger partial charge on any atom is 0.220 e. The second-order valence-corrected chi connectivity index (χ2v) is 5.97. The lowest BCUT2D eigenvalue weighted by Gasteiger charge is -2.17. The van der Waals surface area contributed by atoms with Crippen molar-refractivity contribution in [3.8, 4) is 5.75 Å². The average Bonchev–Trinajstić information content (AvgIpc) is 3.01. The number of halogens is 1. The molecule has 1 atom stereocenters. The number of aromatic nitrogens is 2. The summed E-state index contributed by atoms with van der Waals surface area (Å²) in [5.74, 6) is 1.48. The lowest BCUT2D eigenvalue weighted by molar-refractivity contribution is -0.121. The highest BCUT2D eigenvalue weighted by Crippen LogP contribution is 2.36. The van der Waals surface area contributed by atoms with E-state index in [1.54, 1.807) is 18.5 Å². The van der Waals surface area contributed by atoms with Crippen molar-refractivity contribution in [2.75, 3.05) is 6.61 Å². The van der Waals surface area contributed by atoms with Crippen LogP contribution in [0.25, 0.3) is 0 Å². The van der Waals surface area contributed by atoms with Crippen LogP contribution in [0.3, 0.4) is 0 Å². The molecule has 0 saturated carbocycles. The molecule has 0 saturated heterocycles. The van der Waals surface area contributed by atoms with Gasteiger partial charge < -0.3 is 10.1 Å². The van der Waals surface area contributed by atoms with Crippen LogP contribution in [0, 0.1) is 0 Å². The fraction of sp³-hybridized carbons (Fsp3) is 0.353. The van der Waals surface area contributed by atoms with E-state index in [-0.39, 0.29) is 11.9 Å². The van der Waals surface area contributed by atoms with E-state index >= 15 is 0 Å². The minimum atomic E-state index is -0.162. The van der Waals surface area contributed by atoms with Crippen LogP contribution in [-0.4, -0.2) is 22.5 Å². The first kappa shape index (κ1) is 15.7. The summed E-state index contributed by atoms with van der Waals surface area (Å²) in [5.41, 5.74) is 2.03. The van der Waals surface area contributed by atoms with Crippen LogP contribution in [0.1, 0.15) is 36.3 Å². The summed E-state index contributed by atoms with van der Waals surface area (Å²) in [7, 11) is 0. The Balaban J connectivity index is 1.63. The Kier molecular flexibility index (Phi) is 4.76. The smallest absolute Gasteiger partial charge is 0.220 e. The van der Waals surface area contributed by atoms with Crippen LogP contribution in [0.2, 0.25) is 5.02 Å². The first-order valence-electron chi connectivity index (χ1n) is 7.64. The molecular weight excluding hydrogens is 314 g/mol. The van der Waals surface area contributed by atoms with Gasteiger partial charge in [-0.2, -0.15) is 0 Å². The zero-order valence-electron chi connectivity index (χ0n) is 12.9. The van der Waals surface area contributed by atoms with Crippen molar-refractivity contribution >= 4 is 17.5 Å². The predicted octanol–water partition coefficient (Wildman–Crippen LogP) is 2.87. The third kappa shape index (κ3) is 3.79. The summed E-state index contributed by atoms with van der Waals surface area (Å²) < 4.78 is 5.69. The van der Waals surface area contributed by atoms with Crippen molar-refractivity contribution in [3.05, 3.63) is 52.6 Å². The van der Waals surface area contributed by atoms with Crippen LogP contribution in [0.5, 0.6) is 5.75 Å². The third-order valence-electron chi connectivity index (χ3n) is 3.82. The molecule has 1 unspecified atom stereocenters. The molecule has 1 aliphatic rings. The first-order chi connectivity index (χ1) is 11.1. The molecule has 23 heavy (non-hydrogen) atoms. The van der Waals surface area contributed by atoms with E-state index in [1.165, 1.54) is 0 Å². The molecule has 0 bridgehead atoms. The Morgan fingerprint density at radius 2 is 2.17 bits per heavy atom. The highest BCUT2D eigenvalue weighted by Gasteiger charge is 2.22. The van der Waals surface area contributed by atoms with Crippen molar-refractivity contribution in [2.45, 2.75) is 32.2 Å². The van der Waals surface area contributed by atoms with Crippen LogP contribution in [0.15, 0.2) is 30.6 Å². The molecule has 1 aromatic carbocycles. The van der Waals surface area contributed by atoms with Gasteiger partial charge in [-0.1, -0.05) is 11.6 Å². The molecule has 1 N–H and O–H groups in total. The molecule has 1 aliphatic heterocycles. The number of benzene rings is 1. The van der Waals surface area contributed by atoms with Gasteiger partial charge in [0, 0.05) is 42.2 Å². The van der Waals surface area contributed by atoms with E-state index in [0.717, 1.165) is 23.3 Å². The molecule has 0 aliphatic carbocycles. The Morgan fingerprint density at radius 1 is 1.39 bits per heavy atom. The van der Waals surface area contributed by atoms with Gasteiger partial charge in [-0.3, -0.25) is 4.79 Å². The minimum absolute atomic E-state index is 0.0447. The normalized spacial score (nSPS) is 14.0. The Morgan fingerprint density at radius 3 is 2.96 bits per heavy atom. The van der Waals surface area contributed by atoms with Gasteiger partial charge in [-0.25, -0.2) is 9.97 Å². The van der Waals surface area contributed by atoms with Gasteiger partial charge in [-0.15, -0.1) is 0 Å². The Labute approximate surface area is 140 Å². The largest absolute Gasteiger partial charge is 0.493 e. The minimum Gasteiger partial charge on any atom is -0.493 e. The number of carbonyl (C=O) groups excluding carboxylic acids is 1. The van der Waals surface area contributed by atoms with Crippen molar-refractivity contribution < 1.29 is 9.53 Å². The number of aryl methyl sites for hydroxylation is 1. The summed E-state index contributed by atoms with van der Waals surface area (Å²) in [4.78, 5) is 20.4. The third-order valence-corrected chi connectivity index (χ3v) is 4.03. The number of amides is 1. The molecule has 0 radical (unpaired) electrons. The van der Waals surface area contributed by atoms with Gasteiger partial charge >= 0.3 is 0 Å². The standard InChI is InChI=1S/C17H18ClN3O2/c1-11(14-10-13(18)9-12-5-8-23-17(12)14)21-16(22)4-3-15-19-6-2-7-20-15/h2,6-7,9-11H,3-5,8H2,1H3,(H,21,22). The fourth-order valence-corrected chi connectivity index (χ4v) is 2.94. The summed E-state index contributed by atoms with van der Waals surface area (Å²) in [6, 6.07) is 5.38. The molecule has 0 spiro atoms. The van der Waals surface area contributed by atoms with Crippen molar-refractivity contribution in [2.24, 2.45) is 0 Å². The number of fused-ring (bicyclic) bond motifs is 1. The Bertz CT molecular complexity index is 706. The topological polar surface area (TPSA) is 64.1 Å². The number of ether oxygens (including phenoxy) is 1. The van der Waals surface area contributed by atoms with Gasteiger partial charge in [0.05, 0.1) is 12.6 Å². The molecule has 1 amide bonds. The second-order valence-electron chi connectivity index (χ2n) is 5.54. The molecule has 1 aromatic heterocycles. The summed E-state index contributed by atoms with van der Waals surface area (Å²) in [5, 5.41) is 3.66. The molecule has 0 fully saturated rings. The van der Waals surface area contributed by atoms with Crippen LogP contribution < -0.4 is 10.1 Å². The van der Waals surface area contributed by atoms with Gasteiger partial charge in [0.1, 0.15) is 11.6 Å². The number of nitrogens with zero attached hydrogens (tertiary/aromatic N) is 2. The zero-order chi connectivity index (χ0) is 16.2. The number of rotatable bonds is 5. The number of hydrogen-bond donors (Lipinski definition) is 1. The van der Waals surface area contributed by atoms with Gasteiger partial charge in [0.25, 0.3) is 0 Å².